The lowest BCUT2D eigenvalue weighted by Crippen LogP contribution is -2.33. The van der Waals surface area contributed by atoms with Gasteiger partial charge in [0, 0.05) is 31.9 Å². The van der Waals surface area contributed by atoms with Crippen molar-refractivity contribution in [3.05, 3.63) is 54.2 Å². The van der Waals surface area contributed by atoms with Crippen LogP contribution in [0.15, 0.2) is 47.3 Å². The molecule has 104 valence electrons. The van der Waals surface area contributed by atoms with Gasteiger partial charge in [0.1, 0.15) is 0 Å². The first-order valence-corrected chi connectivity index (χ1v) is 6.57. The van der Waals surface area contributed by atoms with Gasteiger partial charge in [0.05, 0.1) is 11.3 Å². The van der Waals surface area contributed by atoms with E-state index in [4.69, 9.17) is 22.4 Å². The van der Waals surface area contributed by atoms with E-state index in [-0.39, 0.29) is 5.91 Å². The number of nitrogens with two attached hydrogens (primary N) is 1. The van der Waals surface area contributed by atoms with E-state index < -0.39 is 0 Å². The molecule has 2 rings (SSSR count). The summed E-state index contributed by atoms with van der Waals surface area (Å²) in [6.07, 6.45) is 5.34. The zero-order valence-electron chi connectivity index (χ0n) is 10.9. The third-order valence-corrected chi connectivity index (χ3v) is 2.97. The topological polar surface area (TPSA) is 72.4 Å². The average molecular weight is 289 g/mol. The molecule has 0 radical (unpaired) electrons. The normalized spacial score (nSPS) is 10.2. The molecule has 5 nitrogen and oxygen atoms in total. The standard InChI is InChI=1S/C14H15N3O2S/c15-13(20)5-8-17(10-11-3-6-16-7-4-11)14(18)12-2-1-9-19-12/h1-4,6-7,9H,5,8,10H2,(H2,15,20). The Labute approximate surface area is 122 Å². The minimum atomic E-state index is -0.178. The Morgan fingerprint density at radius 2 is 2.10 bits per heavy atom. The number of amides is 1. The van der Waals surface area contributed by atoms with Crippen LogP contribution in [0.4, 0.5) is 0 Å². The fourth-order valence-electron chi connectivity index (χ4n) is 1.76. The van der Waals surface area contributed by atoms with Crippen LogP contribution in [0.5, 0.6) is 0 Å². The van der Waals surface area contributed by atoms with Crippen LogP contribution in [0.25, 0.3) is 0 Å². The van der Waals surface area contributed by atoms with Gasteiger partial charge < -0.3 is 15.1 Å². The summed E-state index contributed by atoms with van der Waals surface area (Å²) in [6.45, 7) is 0.919. The third-order valence-electron chi connectivity index (χ3n) is 2.77. The predicted molar refractivity (Wildman–Crippen MR) is 79.1 cm³/mol. The first-order chi connectivity index (χ1) is 9.66. The Balaban J connectivity index is 2.12. The van der Waals surface area contributed by atoms with Crippen LogP contribution in [0.1, 0.15) is 22.5 Å². The number of pyridine rings is 1. The van der Waals surface area contributed by atoms with E-state index >= 15 is 0 Å². The second kappa shape index (κ2) is 6.81. The lowest BCUT2D eigenvalue weighted by molar-refractivity contribution is 0.0716. The summed E-state index contributed by atoms with van der Waals surface area (Å²) >= 11 is 4.87. The first kappa shape index (κ1) is 14.2. The van der Waals surface area contributed by atoms with Crippen molar-refractivity contribution < 1.29 is 9.21 Å². The molecule has 0 aromatic carbocycles. The van der Waals surface area contributed by atoms with Gasteiger partial charge in [-0.15, -0.1) is 0 Å². The Morgan fingerprint density at radius 1 is 1.35 bits per heavy atom. The number of carbonyl (C=O) groups excluding carboxylic acids is 1. The van der Waals surface area contributed by atoms with Gasteiger partial charge in [-0.2, -0.15) is 0 Å². The molecule has 2 heterocycles. The van der Waals surface area contributed by atoms with Crippen molar-refractivity contribution in [2.24, 2.45) is 5.73 Å². The average Bonchev–Trinajstić information content (AvgIpc) is 2.97. The number of aromatic nitrogens is 1. The molecular weight excluding hydrogens is 274 g/mol. The molecule has 2 aromatic heterocycles. The minimum absolute atomic E-state index is 0.178. The molecule has 0 fully saturated rings. The first-order valence-electron chi connectivity index (χ1n) is 6.17. The van der Waals surface area contributed by atoms with Crippen molar-refractivity contribution in [2.45, 2.75) is 13.0 Å². The van der Waals surface area contributed by atoms with Crippen molar-refractivity contribution in [1.29, 1.82) is 0 Å². The monoisotopic (exact) mass is 289 g/mol. The fourth-order valence-corrected chi connectivity index (χ4v) is 1.85. The van der Waals surface area contributed by atoms with E-state index in [9.17, 15) is 4.79 Å². The van der Waals surface area contributed by atoms with Crippen LogP contribution in [-0.4, -0.2) is 27.3 Å². The van der Waals surface area contributed by atoms with Crippen LogP contribution in [-0.2, 0) is 6.54 Å². The van der Waals surface area contributed by atoms with Gasteiger partial charge in [-0.05, 0) is 29.8 Å². The fraction of sp³-hybridized carbons (Fsp3) is 0.214. The van der Waals surface area contributed by atoms with Gasteiger partial charge in [-0.1, -0.05) is 12.2 Å². The number of thiocarbonyl (C=S) groups is 1. The second-order valence-electron chi connectivity index (χ2n) is 4.28. The van der Waals surface area contributed by atoms with Gasteiger partial charge in [0.15, 0.2) is 5.76 Å². The van der Waals surface area contributed by atoms with Gasteiger partial charge in [-0.3, -0.25) is 9.78 Å². The number of nitrogens with zero attached hydrogens (tertiary/aromatic N) is 2. The van der Waals surface area contributed by atoms with Crippen molar-refractivity contribution in [3.8, 4) is 0 Å². The summed E-state index contributed by atoms with van der Waals surface area (Å²) in [5.41, 5.74) is 6.50. The molecule has 0 saturated heterocycles. The maximum Gasteiger partial charge on any atom is 0.289 e. The molecule has 0 bridgehead atoms. The molecule has 0 aliphatic heterocycles. The molecule has 6 heteroatoms. The number of rotatable bonds is 6. The Kier molecular flexibility index (Phi) is 4.84. The highest BCUT2D eigenvalue weighted by Gasteiger charge is 2.18. The highest BCUT2D eigenvalue weighted by Crippen LogP contribution is 2.11. The molecule has 0 aliphatic rings. The van der Waals surface area contributed by atoms with Gasteiger partial charge in [0.2, 0.25) is 0 Å². The quantitative estimate of drug-likeness (QED) is 0.823. The van der Waals surface area contributed by atoms with Crippen molar-refractivity contribution >= 4 is 23.1 Å². The molecule has 2 N–H and O–H groups in total. The number of carbonyl (C=O) groups is 1. The maximum absolute atomic E-state index is 12.4. The van der Waals surface area contributed by atoms with Crippen LogP contribution in [0.3, 0.4) is 0 Å². The largest absolute Gasteiger partial charge is 0.459 e. The van der Waals surface area contributed by atoms with E-state index in [1.807, 2.05) is 12.1 Å². The van der Waals surface area contributed by atoms with E-state index in [0.29, 0.717) is 30.3 Å². The summed E-state index contributed by atoms with van der Waals surface area (Å²) in [5.74, 6) is 0.130. The van der Waals surface area contributed by atoms with Gasteiger partial charge >= 0.3 is 0 Å². The lowest BCUT2D eigenvalue weighted by atomic mass is 10.2. The van der Waals surface area contributed by atoms with Crippen molar-refractivity contribution in [2.75, 3.05) is 6.54 Å². The van der Waals surface area contributed by atoms with Gasteiger partial charge in [-0.25, -0.2) is 0 Å². The van der Waals surface area contributed by atoms with Crippen LogP contribution in [0.2, 0.25) is 0 Å². The summed E-state index contributed by atoms with van der Waals surface area (Å²) in [5, 5.41) is 0. The van der Waals surface area contributed by atoms with Gasteiger partial charge in [0.25, 0.3) is 5.91 Å². The predicted octanol–water partition coefficient (Wildman–Crippen LogP) is 1.99. The van der Waals surface area contributed by atoms with E-state index in [0.717, 1.165) is 5.56 Å². The van der Waals surface area contributed by atoms with Crippen molar-refractivity contribution in [3.63, 3.8) is 0 Å². The molecule has 0 atom stereocenters. The molecular formula is C14H15N3O2S. The summed E-state index contributed by atoms with van der Waals surface area (Å²) in [7, 11) is 0. The van der Waals surface area contributed by atoms with Crippen LogP contribution in [0, 0.1) is 0 Å². The molecule has 20 heavy (non-hydrogen) atoms. The van der Waals surface area contributed by atoms with E-state index in [2.05, 4.69) is 4.98 Å². The van der Waals surface area contributed by atoms with E-state index in [1.165, 1.54) is 6.26 Å². The number of furan rings is 1. The molecule has 0 saturated carbocycles. The zero-order chi connectivity index (χ0) is 14.4. The lowest BCUT2D eigenvalue weighted by Gasteiger charge is -2.21. The molecule has 0 spiro atoms. The highest BCUT2D eigenvalue weighted by atomic mass is 32.1. The summed E-state index contributed by atoms with van der Waals surface area (Å²) in [6, 6.07) is 7.06. The molecule has 1 amide bonds. The molecule has 0 unspecified atom stereocenters. The number of hydrogen-bond acceptors (Lipinski definition) is 4. The minimum Gasteiger partial charge on any atom is -0.459 e. The highest BCUT2D eigenvalue weighted by molar-refractivity contribution is 7.80. The molecule has 0 aliphatic carbocycles. The van der Waals surface area contributed by atoms with E-state index in [1.54, 1.807) is 29.4 Å². The van der Waals surface area contributed by atoms with Crippen LogP contribution >= 0.6 is 12.2 Å². The Morgan fingerprint density at radius 3 is 2.70 bits per heavy atom. The van der Waals surface area contributed by atoms with Crippen molar-refractivity contribution in [1.82, 2.24) is 9.88 Å². The maximum atomic E-state index is 12.4. The second-order valence-corrected chi connectivity index (χ2v) is 4.80. The Hall–Kier alpha value is -2.21. The summed E-state index contributed by atoms with van der Waals surface area (Å²) in [4.78, 5) is 18.4. The SMILES string of the molecule is NC(=S)CCN(Cc1ccncc1)C(=O)c1ccco1. The smallest absolute Gasteiger partial charge is 0.289 e. The van der Waals surface area contributed by atoms with Crippen LogP contribution < -0.4 is 5.73 Å². The number of hydrogen-bond donors (Lipinski definition) is 1. The molecule has 2 aromatic rings. The summed E-state index contributed by atoms with van der Waals surface area (Å²) < 4.78 is 5.15. The third kappa shape index (κ3) is 3.89. The zero-order valence-corrected chi connectivity index (χ0v) is 11.7. The Bertz CT molecular complexity index is 569.